The number of hydrogen-bond acceptors (Lipinski definition) is 3. The van der Waals surface area contributed by atoms with Crippen molar-refractivity contribution in [1.29, 1.82) is 0 Å². The molecule has 0 N–H and O–H groups in total. The molecule has 2 bridgehead atoms. The lowest BCUT2D eigenvalue weighted by atomic mass is 9.77. The number of fused-ring (bicyclic) bond motifs is 4. The maximum Gasteiger partial charge on any atom is 0.241 e. The van der Waals surface area contributed by atoms with Crippen molar-refractivity contribution in [3.63, 3.8) is 0 Å². The highest BCUT2D eigenvalue weighted by Gasteiger charge is 2.57. The minimum atomic E-state index is -0.971. The molecule has 2 heterocycles. The zero-order chi connectivity index (χ0) is 16.0. The van der Waals surface area contributed by atoms with E-state index in [-0.39, 0.29) is 5.92 Å². The first-order chi connectivity index (χ1) is 11.9. The Kier molecular flexibility index (Phi) is 3.06. The third kappa shape index (κ3) is 1.89. The lowest BCUT2D eigenvalue weighted by Crippen LogP contribution is -2.38. The Balaban J connectivity index is 1.78. The fourth-order valence-electron chi connectivity index (χ4n) is 3.74. The van der Waals surface area contributed by atoms with Gasteiger partial charge >= 0.3 is 0 Å². The summed E-state index contributed by atoms with van der Waals surface area (Å²) in [4.78, 5) is 11.5. The summed E-state index contributed by atoms with van der Waals surface area (Å²) in [6, 6.07) is 28.6. The molecule has 3 aromatic carbocycles. The quantitative estimate of drug-likeness (QED) is 0.643. The van der Waals surface area contributed by atoms with Gasteiger partial charge in [0.15, 0.2) is 0 Å². The van der Waals surface area contributed by atoms with E-state index in [0.29, 0.717) is 0 Å². The molecule has 2 aliphatic rings. The summed E-state index contributed by atoms with van der Waals surface area (Å²) in [6.07, 6.45) is -0.499. The molecule has 0 radical (unpaired) electrons. The average molecular weight is 316 g/mol. The van der Waals surface area contributed by atoms with Crippen LogP contribution in [0.5, 0.6) is 0 Å². The van der Waals surface area contributed by atoms with Gasteiger partial charge in [0, 0.05) is 11.1 Å². The van der Waals surface area contributed by atoms with Crippen molar-refractivity contribution in [3.8, 4) is 0 Å². The highest BCUT2D eigenvalue weighted by molar-refractivity contribution is 5.45. The first-order valence-electron chi connectivity index (χ1n) is 8.10. The molecule has 3 aromatic rings. The summed E-state index contributed by atoms with van der Waals surface area (Å²) in [6.45, 7) is 0. The standard InChI is InChI=1S/C21H16O3/c1-3-9-15(10-4-1)19-17-13-7-8-14-18(17)20-22-21(19,24-23-20)16-11-5-2-6-12-16/h1-14,19-20H/t19-,20+,21-/m1/s1. The lowest BCUT2D eigenvalue weighted by Gasteiger charge is -2.38. The van der Waals surface area contributed by atoms with E-state index in [4.69, 9.17) is 14.5 Å². The van der Waals surface area contributed by atoms with E-state index in [0.717, 1.165) is 16.7 Å². The maximum absolute atomic E-state index is 6.32. The monoisotopic (exact) mass is 316 g/mol. The Morgan fingerprint density at radius 3 is 2.04 bits per heavy atom. The van der Waals surface area contributed by atoms with Crippen molar-refractivity contribution in [3.05, 3.63) is 107 Å². The molecule has 0 unspecified atom stereocenters. The zero-order valence-corrected chi connectivity index (χ0v) is 13.0. The van der Waals surface area contributed by atoms with Crippen LogP contribution in [0.2, 0.25) is 0 Å². The molecule has 118 valence electrons. The molecule has 3 nitrogen and oxygen atoms in total. The summed E-state index contributed by atoms with van der Waals surface area (Å²) >= 11 is 0. The van der Waals surface area contributed by atoms with Crippen molar-refractivity contribution in [2.45, 2.75) is 18.0 Å². The fourth-order valence-corrected chi connectivity index (χ4v) is 3.74. The van der Waals surface area contributed by atoms with Crippen LogP contribution in [0.25, 0.3) is 0 Å². The van der Waals surface area contributed by atoms with Crippen molar-refractivity contribution >= 4 is 0 Å². The predicted octanol–water partition coefficient (Wildman–Crippen LogP) is 4.66. The van der Waals surface area contributed by atoms with E-state index >= 15 is 0 Å². The second-order valence-electron chi connectivity index (χ2n) is 6.14. The summed E-state index contributed by atoms with van der Waals surface area (Å²) in [7, 11) is 0. The second kappa shape index (κ2) is 5.28. The minimum Gasteiger partial charge on any atom is -0.306 e. The van der Waals surface area contributed by atoms with Gasteiger partial charge in [0.2, 0.25) is 12.1 Å². The van der Waals surface area contributed by atoms with Crippen molar-refractivity contribution in [2.75, 3.05) is 0 Å². The van der Waals surface area contributed by atoms with Gasteiger partial charge in [0.1, 0.15) is 0 Å². The van der Waals surface area contributed by atoms with Crippen molar-refractivity contribution in [1.82, 2.24) is 0 Å². The number of hydrogen-bond donors (Lipinski definition) is 0. The van der Waals surface area contributed by atoms with Crippen LogP contribution in [0.15, 0.2) is 84.9 Å². The van der Waals surface area contributed by atoms with Gasteiger partial charge in [-0.15, -0.1) is 0 Å². The van der Waals surface area contributed by atoms with Gasteiger partial charge in [0.05, 0.1) is 5.92 Å². The molecule has 2 aliphatic heterocycles. The van der Waals surface area contributed by atoms with Gasteiger partial charge in [-0.2, -0.15) is 9.78 Å². The number of benzene rings is 3. The summed E-state index contributed by atoms with van der Waals surface area (Å²) < 4.78 is 6.32. The highest BCUT2D eigenvalue weighted by atomic mass is 17.3. The van der Waals surface area contributed by atoms with Crippen LogP contribution in [-0.4, -0.2) is 0 Å². The zero-order valence-electron chi connectivity index (χ0n) is 13.0. The molecular weight excluding hydrogens is 300 g/mol. The van der Waals surface area contributed by atoms with Gasteiger partial charge in [0.25, 0.3) is 0 Å². The van der Waals surface area contributed by atoms with Crippen LogP contribution < -0.4 is 0 Å². The Labute approximate surface area is 140 Å². The normalized spacial score (nSPS) is 27.7. The van der Waals surface area contributed by atoms with Crippen molar-refractivity contribution in [2.24, 2.45) is 0 Å². The van der Waals surface area contributed by atoms with E-state index in [1.165, 1.54) is 5.56 Å². The summed E-state index contributed by atoms with van der Waals surface area (Å²) in [5.41, 5.74) is 4.30. The van der Waals surface area contributed by atoms with Crippen LogP contribution in [0.3, 0.4) is 0 Å². The van der Waals surface area contributed by atoms with Crippen LogP contribution in [0, 0.1) is 0 Å². The summed E-state index contributed by atoms with van der Waals surface area (Å²) in [5.74, 6) is -1.07. The summed E-state index contributed by atoms with van der Waals surface area (Å²) in [5, 5.41) is 0. The van der Waals surface area contributed by atoms with Crippen LogP contribution in [-0.2, 0) is 20.3 Å². The molecule has 1 fully saturated rings. The molecule has 0 saturated carbocycles. The topological polar surface area (TPSA) is 27.7 Å². The van der Waals surface area contributed by atoms with Gasteiger partial charge < -0.3 is 4.74 Å². The second-order valence-corrected chi connectivity index (χ2v) is 6.14. The van der Waals surface area contributed by atoms with Crippen molar-refractivity contribution < 1.29 is 14.5 Å². The smallest absolute Gasteiger partial charge is 0.241 e. The molecular formula is C21H16O3. The Hall–Kier alpha value is -2.46. The third-order valence-corrected chi connectivity index (χ3v) is 4.79. The van der Waals surface area contributed by atoms with Gasteiger partial charge in [-0.25, -0.2) is 0 Å². The highest BCUT2D eigenvalue weighted by Crippen LogP contribution is 2.57. The maximum atomic E-state index is 6.32. The predicted molar refractivity (Wildman–Crippen MR) is 88.8 cm³/mol. The first-order valence-corrected chi connectivity index (χ1v) is 8.10. The lowest BCUT2D eigenvalue weighted by molar-refractivity contribution is -0.338. The number of ether oxygens (including phenoxy) is 1. The van der Waals surface area contributed by atoms with Crippen LogP contribution in [0.1, 0.15) is 34.5 Å². The molecule has 0 aromatic heterocycles. The van der Waals surface area contributed by atoms with E-state index in [2.05, 4.69) is 24.3 Å². The molecule has 3 atom stereocenters. The molecule has 0 amide bonds. The molecule has 0 aliphatic carbocycles. The average Bonchev–Trinajstić information content (AvgIpc) is 3.05. The van der Waals surface area contributed by atoms with Gasteiger partial charge in [-0.05, 0) is 11.1 Å². The van der Waals surface area contributed by atoms with E-state index < -0.39 is 12.1 Å². The Morgan fingerprint density at radius 2 is 1.29 bits per heavy atom. The largest absolute Gasteiger partial charge is 0.306 e. The third-order valence-electron chi connectivity index (χ3n) is 4.79. The fraction of sp³-hybridized carbons (Fsp3) is 0.143. The van der Waals surface area contributed by atoms with Gasteiger partial charge in [-0.1, -0.05) is 84.9 Å². The molecule has 0 spiro atoms. The SMILES string of the molecule is c1ccc([C@@H]2c3ccccc3[C@@H]3OO[C@@]2(c2ccccc2)O3)cc1. The Morgan fingerprint density at radius 1 is 0.667 bits per heavy atom. The molecule has 3 heteroatoms. The minimum absolute atomic E-state index is 0.101. The van der Waals surface area contributed by atoms with E-state index in [1.54, 1.807) is 0 Å². The Bertz CT molecular complexity index is 863. The first kappa shape index (κ1) is 13.9. The molecule has 5 rings (SSSR count). The molecule has 24 heavy (non-hydrogen) atoms. The van der Waals surface area contributed by atoms with Gasteiger partial charge in [-0.3, -0.25) is 0 Å². The van der Waals surface area contributed by atoms with E-state index in [1.807, 2.05) is 60.7 Å². The van der Waals surface area contributed by atoms with Crippen LogP contribution in [0.4, 0.5) is 0 Å². The number of rotatable bonds is 2. The molecule has 1 saturated heterocycles. The van der Waals surface area contributed by atoms with Crippen LogP contribution >= 0.6 is 0 Å². The van der Waals surface area contributed by atoms with E-state index in [9.17, 15) is 0 Å².